The van der Waals surface area contributed by atoms with E-state index in [0.717, 1.165) is 10.4 Å². The molecule has 1 rings (SSSR count). The molecule has 0 saturated carbocycles. The topological polar surface area (TPSA) is 98.1 Å². The zero-order chi connectivity index (χ0) is 15.9. The summed E-state index contributed by atoms with van der Waals surface area (Å²) in [6.45, 7) is -1.66. The lowest BCUT2D eigenvalue weighted by Gasteiger charge is -2.20. The van der Waals surface area contributed by atoms with Gasteiger partial charge in [-0.1, -0.05) is 11.8 Å². The Kier molecular flexibility index (Phi) is 6.74. The molecule has 0 atom stereocenters. The molecule has 21 heavy (non-hydrogen) atoms. The molecular weight excluding hydrogens is 301 g/mol. The second-order valence-corrected chi connectivity index (χ2v) is 5.89. The number of sulfonamides is 1. The van der Waals surface area contributed by atoms with Crippen molar-refractivity contribution in [1.82, 2.24) is 4.31 Å². The van der Waals surface area contributed by atoms with Crippen LogP contribution in [-0.4, -0.2) is 61.0 Å². The van der Waals surface area contributed by atoms with Gasteiger partial charge in [-0.25, -0.2) is 12.8 Å². The Morgan fingerprint density at radius 1 is 1.14 bits per heavy atom. The smallest absolute Gasteiger partial charge is 0.243 e. The molecule has 0 unspecified atom stereocenters. The summed E-state index contributed by atoms with van der Waals surface area (Å²) in [5, 5.41) is 26.3. The van der Waals surface area contributed by atoms with Crippen LogP contribution in [-0.2, 0) is 10.0 Å². The van der Waals surface area contributed by atoms with E-state index in [0.29, 0.717) is 0 Å². The van der Waals surface area contributed by atoms with Gasteiger partial charge in [-0.05, 0) is 18.2 Å². The van der Waals surface area contributed by atoms with Crippen molar-refractivity contribution in [3.8, 4) is 11.8 Å². The Labute approximate surface area is 122 Å². The monoisotopic (exact) mass is 317 g/mol. The number of nitrogens with zero attached hydrogens (tertiary/aromatic N) is 1. The maximum absolute atomic E-state index is 13.8. The maximum Gasteiger partial charge on any atom is 0.243 e. The molecule has 0 saturated heterocycles. The van der Waals surface area contributed by atoms with Crippen LogP contribution in [0.15, 0.2) is 23.1 Å². The second-order valence-electron chi connectivity index (χ2n) is 3.95. The Morgan fingerprint density at radius 3 is 2.24 bits per heavy atom. The second kappa shape index (κ2) is 8.07. The molecule has 0 aliphatic heterocycles. The summed E-state index contributed by atoms with van der Waals surface area (Å²) in [7, 11) is -4.01. The molecule has 0 aromatic heterocycles. The molecule has 1 aromatic carbocycles. The van der Waals surface area contributed by atoms with E-state index in [9.17, 15) is 12.8 Å². The SMILES string of the molecule is O=S(=O)(c1ccc(C#CCO)c(F)c1)N(CCO)CCO. The largest absolute Gasteiger partial charge is 0.395 e. The Hall–Kier alpha value is -1.50. The van der Waals surface area contributed by atoms with Crippen LogP contribution in [0, 0.1) is 17.7 Å². The Balaban J connectivity index is 3.16. The van der Waals surface area contributed by atoms with Crippen LogP contribution in [0.3, 0.4) is 0 Å². The summed E-state index contributed by atoms with van der Waals surface area (Å²) in [5.74, 6) is 3.80. The van der Waals surface area contributed by atoms with E-state index in [1.807, 2.05) is 0 Å². The minimum Gasteiger partial charge on any atom is -0.395 e. The summed E-state index contributed by atoms with van der Waals surface area (Å²) in [4.78, 5) is -0.295. The normalized spacial score (nSPS) is 11.3. The van der Waals surface area contributed by atoms with Gasteiger partial charge in [0.1, 0.15) is 12.4 Å². The molecule has 6 nitrogen and oxygen atoms in total. The van der Waals surface area contributed by atoms with E-state index >= 15 is 0 Å². The number of halogens is 1. The number of aliphatic hydroxyl groups is 3. The van der Waals surface area contributed by atoms with E-state index in [1.165, 1.54) is 12.1 Å². The van der Waals surface area contributed by atoms with Gasteiger partial charge in [-0.15, -0.1) is 0 Å². The average Bonchev–Trinajstić information content (AvgIpc) is 2.45. The minimum absolute atomic E-state index is 0.0288. The zero-order valence-corrected chi connectivity index (χ0v) is 12.0. The van der Waals surface area contributed by atoms with Gasteiger partial charge in [0, 0.05) is 13.1 Å². The van der Waals surface area contributed by atoms with Crippen LogP contribution in [0.1, 0.15) is 5.56 Å². The van der Waals surface area contributed by atoms with Crippen molar-refractivity contribution < 1.29 is 28.1 Å². The van der Waals surface area contributed by atoms with E-state index in [4.69, 9.17) is 15.3 Å². The van der Waals surface area contributed by atoms with Crippen molar-refractivity contribution in [2.75, 3.05) is 32.9 Å². The standard InChI is InChI=1S/C13H16FNO5S/c14-13-10-12(4-3-11(13)2-1-7-16)21(19,20)15(5-8-17)6-9-18/h3-4,10,16-18H,5-9H2. The minimum atomic E-state index is -4.01. The van der Waals surface area contributed by atoms with Crippen molar-refractivity contribution >= 4 is 10.0 Å². The highest BCUT2D eigenvalue weighted by Crippen LogP contribution is 2.18. The highest BCUT2D eigenvalue weighted by atomic mass is 32.2. The van der Waals surface area contributed by atoms with Crippen molar-refractivity contribution in [2.45, 2.75) is 4.90 Å². The number of hydrogen-bond donors (Lipinski definition) is 3. The molecule has 0 heterocycles. The molecule has 0 spiro atoms. The zero-order valence-electron chi connectivity index (χ0n) is 11.2. The lowest BCUT2D eigenvalue weighted by molar-refractivity contribution is 0.217. The van der Waals surface area contributed by atoms with Crippen LogP contribution in [0.5, 0.6) is 0 Å². The lowest BCUT2D eigenvalue weighted by Crippen LogP contribution is -2.35. The molecule has 8 heteroatoms. The van der Waals surface area contributed by atoms with Gasteiger partial charge in [-0.2, -0.15) is 4.31 Å². The van der Waals surface area contributed by atoms with Gasteiger partial charge in [0.25, 0.3) is 0 Å². The third-order valence-electron chi connectivity index (χ3n) is 2.58. The van der Waals surface area contributed by atoms with E-state index in [2.05, 4.69) is 11.8 Å². The van der Waals surface area contributed by atoms with E-state index in [1.54, 1.807) is 0 Å². The third kappa shape index (κ3) is 4.49. The van der Waals surface area contributed by atoms with Gasteiger partial charge >= 0.3 is 0 Å². The molecule has 0 aliphatic rings. The van der Waals surface area contributed by atoms with Gasteiger partial charge < -0.3 is 15.3 Å². The first-order chi connectivity index (χ1) is 9.97. The summed E-state index contributed by atoms with van der Waals surface area (Å²) >= 11 is 0. The summed E-state index contributed by atoms with van der Waals surface area (Å²) < 4.78 is 39.1. The first kappa shape index (κ1) is 17.6. The Morgan fingerprint density at radius 2 is 1.76 bits per heavy atom. The van der Waals surface area contributed by atoms with Crippen molar-refractivity contribution in [1.29, 1.82) is 0 Å². The molecule has 0 amide bonds. The fourth-order valence-corrected chi connectivity index (χ4v) is 3.05. The maximum atomic E-state index is 13.8. The van der Waals surface area contributed by atoms with Crippen LogP contribution >= 0.6 is 0 Å². The van der Waals surface area contributed by atoms with Crippen molar-refractivity contribution in [2.24, 2.45) is 0 Å². The quantitative estimate of drug-likeness (QED) is 0.594. The van der Waals surface area contributed by atoms with Crippen LogP contribution in [0.25, 0.3) is 0 Å². The van der Waals surface area contributed by atoms with Gasteiger partial charge in [0.2, 0.25) is 10.0 Å². The third-order valence-corrected chi connectivity index (χ3v) is 4.47. The summed E-state index contributed by atoms with van der Waals surface area (Å²) in [6.07, 6.45) is 0. The predicted octanol–water partition coefficient (Wildman–Crippen LogP) is -0.855. The lowest BCUT2D eigenvalue weighted by atomic mass is 10.2. The molecule has 0 bridgehead atoms. The Bertz CT molecular complexity index is 630. The predicted molar refractivity (Wildman–Crippen MR) is 73.3 cm³/mol. The van der Waals surface area contributed by atoms with E-state index in [-0.39, 0.29) is 23.5 Å². The van der Waals surface area contributed by atoms with Crippen LogP contribution < -0.4 is 0 Å². The fraction of sp³-hybridized carbons (Fsp3) is 0.385. The number of hydrogen-bond acceptors (Lipinski definition) is 5. The van der Waals surface area contributed by atoms with Crippen LogP contribution in [0.2, 0.25) is 0 Å². The molecule has 0 fully saturated rings. The van der Waals surface area contributed by atoms with Crippen LogP contribution in [0.4, 0.5) is 4.39 Å². The highest BCUT2D eigenvalue weighted by Gasteiger charge is 2.24. The van der Waals surface area contributed by atoms with E-state index < -0.39 is 35.7 Å². The van der Waals surface area contributed by atoms with Gasteiger partial charge in [0.05, 0.1) is 23.7 Å². The first-order valence-electron chi connectivity index (χ1n) is 6.08. The molecule has 0 aliphatic carbocycles. The first-order valence-corrected chi connectivity index (χ1v) is 7.52. The van der Waals surface area contributed by atoms with Crippen molar-refractivity contribution in [3.05, 3.63) is 29.6 Å². The summed E-state index contributed by atoms with van der Waals surface area (Å²) in [5.41, 5.74) is -0.0288. The highest BCUT2D eigenvalue weighted by molar-refractivity contribution is 7.89. The number of rotatable bonds is 6. The van der Waals surface area contributed by atoms with Gasteiger partial charge in [-0.3, -0.25) is 0 Å². The average molecular weight is 317 g/mol. The fourth-order valence-electron chi connectivity index (χ4n) is 1.62. The molecular formula is C13H16FNO5S. The number of benzene rings is 1. The van der Waals surface area contributed by atoms with Crippen molar-refractivity contribution in [3.63, 3.8) is 0 Å². The number of aliphatic hydroxyl groups excluding tert-OH is 3. The summed E-state index contributed by atoms with van der Waals surface area (Å²) in [6, 6.07) is 3.20. The molecule has 116 valence electrons. The van der Waals surface area contributed by atoms with Gasteiger partial charge in [0.15, 0.2) is 0 Å². The molecule has 3 N–H and O–H groups in total. The molecule has 1 aromatic rings. The molecule has 0 radical (unpaired) electrons.